The number of anilines is 1. The van der Waals surface area contributed by atoms with Gasteiger partial charge in [-0.2, -0.15) is 0 Å². The zero-order valence-corrected chi connectivity index (χ0v) is 12.6. The third kappa shape index (κ3) is 4.46. The molecule has 2 amide bonds. The van der Waals surface area contributed by atoms with Gasteiger partial charge in [-0.15, -0.1) is 0 Å². The van der Waals surface area contributed by atoms with Gasteiger partial charge in [-0.3, -0.25) is 0 Å². The first-order valence-electron chi connectivity index (χ1n) is 6.89. The van der Waals surface area contributed by atoms with Crippen LogP contribution in [-0.4, -0.2) is 46.3 Å². The second-order valence-corrected chi connectivity index (χ2v) is 5.10. The summed E-state index contributed by atoms with van der Waals surface area (Å²) in [6.07, 6.45) is 0.477. The Labute approximate surface area is 124 Å². The number of aliphatic hydroxyl groups is 1. The highest BCUT2D eigenvalue weighted by Crippen LogP contribution is 2.20. The Kier molecular flexibility index (Phi) is 6.17. The Morgan fingerprint density at radius 2 is 2.00 bits per heavy atom. The van der Waals surface area contributed by atoms with Gasteiger partial charge in [-0.25, -0.2) is 9.59 Å². The van der Waals surface area contributed by atoms with Crippen molar-refractivity contribution in [2.45, 2.75) is 33.2 Å². The number of aromatic carboxylic acids is 1. The highest BCUT2D eigenvalue weighted by Gasteiger charge is 2.20. The average molecular weight is 294 g/mol. The van der Waals surface area contributed by atoms with Crippen LogP contribution in [0.25, 0.3) is 0 Å². The van der Waals surface area contributed by atoms with Gasteiger partial charge >= 0.3 is 12.0 Å². The summed E-state index contributed by atoms with van der Waals surface area (Å²) >= 11 is 0. The van der Waals surface area contributed by atoms with Crippen LogP contribution in [0.1, 0.15) is 36.2 Å². The van der Waals surface area contributed by atoms with Crippen LogP contribution in [0.3, 0.4) is 0 Å². The van der Waals surface area contributed by atoms with Crippen LogP contribution in [0.15, 0.2) is 18.2 Å². The molecular formula is C15H22N2O4. The molecule has 0 fully saturated rings. The number of hydrogen-bond acceptors (Lipinski definition) is 3. The molecule has 0 saturated heterocycles. The Balaban J connectivity index is 2.96. The Bertz CT molecular complexity index is 514. The predicted octanol–water partition coefficient (Wildman–Crippen LogP) is 2.32. The van der Waals surface area contributed by atoms with Crippen molar-refractivity contribution in [1.82, 2.24) is 4.90 Å². The van der Waals surface area contributed by atoms with Crippen LogP contribution >= 0.6 is 0 Å². The molecule has 0 bridgehead atoms. The van der Waals surface area contributed by atoms with Crippen molar-refractivity contribution in [2.24, 2.45) is 0 Å². The summed E-state index contributed by atoms with van der Waals surface area (Å²) in [5.74, 6) is -1.07. The normalized spacial score (nSPS) is 10.5. The van der Waals surface area contributed by atoms with Gasteiger partial charge in [-0.1, -0.05) is 12.1 Å². The number of nitrogens with one attached hydrogen (secondary N) is 1. The summed E-state index contributed by atoms with van der Waals surface area (Å²) in [5, 5.41) is 20.8. The molecule has 0 spiro atoms. The van der Waals surface area contributed by atoms with Crippen molar-refractivity contribution in [3.8, 4) is 0 Å². The number of carbonyl (C=O) groups excluding carboxylic acids is 1. The summed E-state index contributed by atoms with van der Waals surface area (Å²) < 4.78 is 0. The van der Waals surface area contributed by atoms with Crippen molar-refractivity contribution in [1.29, 1.82) is 0 Å². The molecule has 1 aromatic carbocycles. The molecule has 0 unspecified atom stereocenters. The molecule has 1 aromatic rings. The van der Waals surface area contributed by atoms with E-state index in [1.54, 1.807) is 30.0 Å². The first-order chi connectivity index (χ1) is 9.88. The van der Waals surface area contributed by atoms with E-state index in [1.807, 2.05) is 13.8 Å². The van der Waals surface area contributed by atoms with Crippen molar-refractivity contribution < 1.29 is 19.8 Å². The molecule has 0 aliphatic heterocycles. The van der Waals surface area contributed by atoms with E-state index in [9.17, 15) is 14.7 Å². The van der Waals surface area contributed by atoms with E-state index < -0.39 is 5.97 Å². The molecular weight excluding hydrogens is 272 g/mol. The molecule has 21 heavy (non-hydrogen) atoms. The molecule has 6 nitrogen and oxygen atoms in total. The third-order valence-electron chi connectivity index (χ3n) is 3.17. The smallest absolute Gasteiger partial charge is 0.338 e. The average Bonchev–Trinajstić information content (AvgIpc) is 2.38. The maximum Gasteiger partial charge on any atom is 0.338 e. The lowest BCUT2D eigenvalue weighted by Gasteiger charge is -2.27. The van der Waals surface area contributed by atoms with Crippen LogP contribution in [-0.2, 0) is 0 Å². The fraction of sp³-hybridized carbons (Fsp3) is 0.467. The maximum absolute atomic E-state index is 12.3. The van der Waals surface area contributed by atoms with Crippen molar-refractivity contribution in [3.63, 3.8) is 0 Å². The number of amides is 2. The topological polar surface area (TPSA) is 89.9 Å². The summed E-state index contributed by atoms with van der Waals surface area (Å²) in [6, 6.07) is 4.54. The van der Waals surface area contributed by atoms with Gasteiger partial charge in [0.25, 0.3) is 0 Å². The largest absolute Gasteiger partial charge is 0.478 e. The number of carbonyl (C=O) groups is 2. The number of urea groups is 1. The quantitative estimate of drug-likeness (QED) is 0.751. The standard InChI is InChI=1S/C15H22N2O4/c1-10(2)17(8-5-9-18)15(21)16-12-7-4-6-11(3)13(12)14(19)20/h4,6-7,10,18H,5,8-9H2,1-3H3,(H,16,21)(H,19,20). The second-order valence-electron chi connectivity index (χ2n) is 5.10. The number of hydrogen-bond donors (Lipinski definition) is 3. The molecule has 116 valence electrons. The van der Waals surface area contributed by atoms with Gasteiger partial charge in [0.05, 0.1) is 11.3 Å². The molecule has 0 radical (unpaired) electrons. The van der Waals surface area contributed by atoms with E-state index in [1.165, 1.54) is 0 Å². The Morgan fingerprint density at radius 3 is 2.52 bits per heavy atom. The van der Waals surface area contributed by atoms with Crippen LogP contribution in [0.2, 0.25) is 0 Å². The first kappa shape index (κ1) is 17.0. The molecule has 0 aromatic heterocycles. The molecule has 1 rings (SSSR count). The number of carboxylic acids is 1. The monoisotopic (exact) mass is 294 g/mol. The lowest BCUT2D eigenvalue weighted by atomic mass is 10.1. The highest BCUT2D eigenvalue weighted by atomic mass is 16.4. The predicted molar refractivity (Wildman–Crippen MR) is 80.7 cm³/mol. The fourth-order valence-electron chi connectivity index (χ4n) is 2.08. The lowest BCUT2D eigenvalue weighted by Crippen LogP contribution is -2.41. The van der Waals surface area contributed by atoms with Gasteiger partial charge in [0, 0.05) is 19.2 Å². The van der Waals surface area contributed by atoms with E-state index in [2.05, 4.69) is 5.32 Å². The summed E-state index contributed by atoms with van der Waals surface area (Å²) in [7, 11) is 0. The first-order valence-corrected chi connectivity index (χ1v) is 6.89. The van der Waals surface area contributed by atoms with Crippen LogP contribution in [0.4, 0.5) is 10.5 Å². The van der Waals surface area contributed by atoms with E-state index in [-0.39, 0.29) is 29.9 Å². The molecule has 6 heteroatoms. The fourth-order valence-corrected chi connectivity index (χ4v) is 2.08. The van der Waals surface area contributed by atoms with E-state index in [0.29, 0.717) is 18.5 Å². The molecule has 0 saturated carbocycles. The van der Waals surface area contributed by atoms with Gasteiger partial charge in [0.1, 0.15) is 0 Å². The number of aliphatic hydroxyl groups excluding tert-OH is 1. The minimum absolute atomic E-state index is 0.00131. The maximum atomic E-state index is 12.3. The van der Waals surface area contributed by atoms with Gasteiger partial charge in [-0.05, 0) is 38.8 Å². The number of aryl methyl sites for hydroxylation is 1. The number of carboxylic acid groups (broad SMARTS) is 1. The number of nitrogens with zero attached hydrogens (tertiary/aromatic N) is 1. The molecule has 0 aliphatic carbocycles. The van der Waals surface area contributed by atoms with Gasteiger partial charge in [0.15, 0.2) is 0 Å². The van der Waals surface area contributed by atoms with Crippen molar-refractivity contribution in [3.05, 3.63) is 29.3 Å². The minimum atomic E-state index is -1.07. The zero-order chi connectivity index (χ0) is 16.0. The van der Waals surface area contributed by atoms with Crippen LogP contribution in [0.5, 0.6) is 0 Å². The third-order valence-corrected chi connectivity index (χ3v) is 3.17. The highest BCUT2D eigenvalue weighted by molar-refractivity contribution is 6.01. The summed E-state index contributed by atoms with van der Waals surface area (Å²) in [6.45, 7) is 5.83. The van der Waals surface area contributed by atoms with E-state index in [4.69, 9.17) is 5.11 Å². The van der Waals surface area contributed by atoms with Crippen molar-refractivity contribution in [2.75, 3.05) is 18.5 Å². The van der Waals surface area contributed by atoms with E-state index >= 15 is 0 Å². The van der Waals surface area contributed by atoms with Gasteiger partial charge in [0.2, 0.25) is 0 Å². The summed E-state index contributed by atoms with van der Waals surface area (Å²) in [4.78, 5) is 25.1. The van der Waals surface area contributed by atoms with Crippen molar-refractivity contribution >= 4 is 17.7 Å². The lowest BCUT2D eigenvalue weighted by molar-refractivity contribution is 0.0697. The minimum Gasteiger partial charge on any atom is -0.478 e. The zero-order valence-electron chi connectivity index (χ0n) is 12.6. The Morgan fingerprint density at radius 1 is 1.33 bits per heavy atom. The molecule has 0 heterocycles. The van der Waals surface area contributed by atoms with Gasteiger partial charge < -0.3 is 20.4 Å². The second kappa shape index (κ2) is 7.64. The molecule has 0 atom stereocenters. The van der Waals surface area contributed by atoms with Crippen LogP contribution < -0.4 is 5.32 Å². The Hall–Kier alpha value is -2.08. The molecule has 3 N–H and O–H groups in total. The number of rotatable bonds is 6. The van der Waals surface area contributed by atoms with E-state index in [0.717, 1.165) is 0 Å². The van der Waals surface area contributed by atoms with Crippen LogP contribution in [0, 0.1) is 6.92 Å². The SMILES string of the molecule is Cc1cccc(NC(=O)N(CCCO)C(C)C)c1C(=O)O. The number of benzene rings is 1. The summed E-state index contributed by atoms with van der Waals surface area (Å²) in [5.41, 5.74) is 0.964. The molecule has 0 aliphatic rings.